The number of nitrogens with one attached hydrogen (secondary N) is 1. The van der Waals surface area contributed by atoms with Crippen LogP contribution in [0.4, 0.5) is 0 Å². The summed E-state index contributed by atoms with van der Waals surface area (Å²) >= 11 is 1.11. The summed E-state index contributed by atoms with van der Waals surface area (Å²) in [7, 11) is -3.70. The molecule has 0 spiro atoms. The molecule has 1 heterocycles. The van der Waals surface area contributed by atoms with Crippen molar-refractivity contribution in [1.82, 2.24) is 4.72 Å². The highest BCUT2D eigenvalue weighted by Crippen LogP contribution is 2.20. The summed E-state index contributed by atoms with van der Waals surface area (Å²) in [5.41, 5.74) is -0.656. The zero-order valence-corrected chi connectivity index (χ0v) is 14.7. The predicted molar refractivity (Wildman–Crippen MR) is 83.7 cm³/mol. The van der Waals surface area contributed by atoms with Gasteiger partial charge in [-0.3, -0.25) is 4.79 Å². The second kappa shape index (κ2) is 6.89. The molecule has 0 bridgehead atoms. The van der Waals surface area contributed by atoms with E-state index in [2.05, 4.69) is 4.72 Å². The van der Waals surface area contributed by atoms with Crippen molar-refractivity contribution in [3.05, 3.63) is 17.5 Å². The van der Waals surface area contributed by atoms with E-state index in [4.69, 9.17) is 4.74 Å². The van der Waals surface area contributed by atoms with Gasteiger partial charge in [0.05, 0.1) is 0 Å². The number of hydrogen-bond donors (Lipinski definition) is 1. The van der Waals surface area contributed by atoms with Crippen LogP contribution in [-0.4, -0.2) is 26.0 Å². The lowest BCUT2D eigenvalue weighted by atomic mass is 10.00. The highest BCUT2D eigenvalue weighted by Gasteiger charge is 2.33. The molecule has 0 aromatic carbocycles. The lowest BCUT2D eigenvalue weighted by Gasteiger charge is -2.27. The molecule has 0 amide bonds. The Morgan fingerprint density at radius 1 is 1.43 bits per heavy atom. The third-order valence-electron chi connectivity index (χ3n) is 2.92. The van der Waals surface area contributed by atoms with Crippen molar-refractivity contribution in [2.24, 2.45) is 5.92 Å². The van der Waals surface area contributed by atoms with Gasteiger partial charge in [0.2, 0.25) is 0 Å². The van der Waals surface area contributed by atoms with Gasteiger partial charge in [-0.25, -0.2) is 8.42 Å². The van der Waals surface area contributed by atoms with E-state index in [-0.39, 0.29) is 10.1 Å². The molecule has 0 aliphatic carbocycles. The van der Waals surface area contributed by atoms with Crippen LogP contribution in [0, 0.1) is 5.92 Å². The van der Waals surface area contributed by atoms with E-state index in [1.165, 1.54) is 6.07 Å². The number of carbonyl (C=O) groups is 1. The molecule has 0 radical (unpaired) electrons. The van der Waals surface area contributed by atoms with Crippen molar-refractivity contribution in [2.75, 3.05) is 0 Å². The van der Waals surface area contributed by atoms with E-state index in [9.17, 15) is 13.2 Å². The first-order valence-electron chi connectivity index (χ1n) is 6.85. The zero-order chi connectivity index (χ0) is 16.3. The SMILES string of the molecule is CC[C@H](C)[C@H](NS(=O)(=O)c1cccs1)C(=O)OC(C)(C)C. The molecule has 1 rings (SSSR count). The Bertz CT molecular complexity index is 558. The minimum atomic E-state index is -3.70. The summed E-state index contributed by atoms with van der Waals surface area (Å²) < 4.78 is 32.6. The standard InChI is InChI=1S/C14H23NO4S2/c1-6-10(2)12(13(16)19-14(3,4)5)15-21(17,18)11-8-7-9-20-11/h7-10,12,15H,6H2,1-5H3/t10-,12-/m0/s1. The van der Waals surface area contributed by atoms with Crippen LogP contribution in [0.2, 0.25) is 0 Å². The molecular weight excluding hydrogens is 310 g/mol. The Morgan fingerprint density at radius 3 is 2.48 bits per heavy atom. The molecule has 120 valence electrons. The fourth-order valence-corrected chi connectivity index (χ4v) is 3.94. The quantitative estimate of drug-likeness (QED) is 0.813. The first-order valence-corrected chi connectivity index (χ1v) is 9.22. The first-order chi connectivity index (χ1) is 9.57. The second-order valence-corrected chi connectivity index (χ2v) is 8.84. The maximum Gasteiger partial charge on any atom is 0.324 e. The number of ether oxygens (including phenoxy) is 1. The second-order valence-electron chi connectivity index (χ2n) is 5.95. The van der Waals surface area contributed by atoms with Crippen LogP contribution in [0.3, 0.4) is 0 Å². The number of rotatable bonds is 6. The van der Waals surface area contributed by atoms with Gasteiger partial charge in [0.15, 0.2) is 0 Å². The summed E-state index contributed by atoms with van der Waals surface area (Å²) in [4.78, 5) is 12.3. The minimum absolute atomic E-state index is 0.158. The largest absolute Gasteiger partial charge is 0.459 e. The third-order valence-corrected chi connectivity index (χ3v) is 5.75. The van der Waals surface area contributed by atoms with Crippen LogP contribution in [-0.2, 0) is 19.6 Å². The molecule has 0 saturated heterocycles. The number of thiophene rings is 1. The summed E-state index contributed by atoms with van der Waals surface area (Å²) in [6.07, 6.45) is 0.664. The van der Waals surface area contributed by atoms with E-state index < -0.39 is 27.6 Å². The van der Waals surface area contributed by atoms with Gasteiger partial charge in [-0.05, 0) is 38.1 Å². The Balaban J connectivity index is 2.97. The lowest BCUT2D eigenvalue weighted by molar-refractivity contribution is -0.158. The van der Waals surface area contributed by atoms with Crippen LogP contribution in [0.1, 0.15) is 41.0 Å². The summed E-state index contributed by atoms with van der Waals surface area (Å²) in [5, 5.41) is 1.68. The molecule has 0 aliphatic heterocycles. The van der Waals surface area contributed by atoms with Crippen LogP contribution >= 0.6 is 11.3 Å². The highest BCUT2D eigenvalue weighted by atomic mass is 32.2. The van der Waals surface area contributed by atoms with E-state index in [0.29, 0.717) is 6.42 Å². The first kappa shape index (κ1) is 18.1. The van der Waals surface area contributed by atoms with E-state index in [1.807, 2.05) is 13.8 Å². The van der Waals surface area contributed by atoms with Crippen molar-refractivity contribution in [2.45, 2.75) is 56.9 Å². The van der Waals surface area contributed by atoms with E-state index in [0.717, 1.165) is 11.3 Å². The molecule has 1 aromatic rings. The molecule has 21 heavy (non-hydrogen) atoms. The summed E-state index contributed by atoms with van der Waals surface area (Å²) in [5.74, 6) is -0.702. The maximum absolute atomic E-state index is 12.3. The Morgan fingerprint density at radius 2 is 2.05 bits per heavy atom. The zero-order valence-electron chi connectivity index (χ0n) is 13.0. The Hall–Kier alpha value is -0.920. The van der Waals surface area contributed by atoms with E-state index in [1.54, 1.807) is 32.2 Å². The molecule has 0 saturated carbocycles. The van der Waals surface area contributed by atoms with Gasteiger partial charge in [0, 0.05) is 0 Å². The smallest absolute Gasteiger partial charge is 0.324 e. The fraction of sp³-hybridized carbons (Fsp3) is 0.643. The number of carbonyl (C=O) groups excluding carboxylic acids is 1. The van der Waals surface area contributed by atoms with Crippen LogP contribution < -0.4 is 4.72 Å². The van der Waals surface area contributed by atoms with Crippen LogP contribution in [0.15, 0.2) is 21.7 Å². The van der Waals surface area contributed by atoms with Gasteiger partial charge in [0.1, 0.15) is 15.9 Å². The lowest BCUT2D eigenvalue weighted by Crippen LogP contribution is -2.47. The van der Waals surface area contributed by atoms with Crippen molar-refractivity contribution < 1.29 is 17.9 Å². The van der Waals surface area contributed by atoms with Crippen molar-refractivity contribution in [3.8, 4) is 0 Å². The van der Waals surface area contributed by atoms with Crippen LogP contribution in [0.25, 0.3) is 0 Å². The molecule has 7 heteroatoms. The fourth-order valence-electron chi connectivity index (χ4n) is 1.64. The maximum atomic E-state index is 12.3. The van der Waals surface area contributed by atoms with E-state index >= 15 is 0 Å². The summed E-state index contributed by atoms with van der Waals surface area (Å²) in [6.45, 7) is 9.00. The molecule has 5 nitrogen and oxygen atoms in total. The predicted octanol–water partition coefficient (Wildman–Crippen LogP) is 2.78. The number of sulfonamides is 1. The molecule has 0 aliphatic rings. The normalized spacial score (nSPS) is 15.5. The number of hydrogen-bond acceptors (Lipinski definition) is 5. The van der Waals surface area contributed by atoms with Gasteiger partial charge in [0.25, 0.3) is 10.0 Å². The topological polar surface area (TPSA) is 72.5 Å². The average Bonchev–Trinajstić information content (AvgIpc) is 2.87. The van der Waals surface area contributed by atoms with Crippen molar-refractivity contribution in [1.29, 1.82) is 0 Å². The van der Waals surface area contributed by atoms with Gasteiger partial charge in [-0.2, -0.15) is 4.72 Å². The highest BCUT2D eigenvalue weighted by molar-refractivity contribution is 7.91. The monoisotopic (exact) mass is 333 g/mol. The molecular formula is C14H23NO4S2. The van der Waals surface area contributed by atoms with Gasteiger partial charge >= 0.3 is 5.97 Å². The average molecular weight is 333 g/mol. The third kappa shape index (κ3) is 5.41. The molecule has 1 aromatic heterocycles. The Kier molecular flexibility index (Phi) is 5.95. The van der Waals surface area contributed by atoms with Gasteiger partial charge < -0.3 is 4.74 Å². The molecule has 0 fully saturated rings. The van der Waals surface area contributed by atoms with Crippen LogP contribution in [0.5, 0.6) is 0 Å². The van der Waals surface area contributed by atoms with Gasteiger partial charge in [-0.1, -0.05) is 26.3 Å². The summed E-state index contributed by atoms with van der Waals surface area (Å²) in [6, 6.07) is 2.28. The molecule has 2 atom stereocenters. The molecule has 1 N–H and O–H groups in total. The van der Waals surface area contributed by atoms with Crippen molar-refractivity contribution in [3.63, 3.8) is 0 Å². The molecule has 0 unspecified atom stereocenters. The van der Waals surface area contributed by atoms with Gasteiger partial charge in [-0.15, -0.1) is 11.3 Å². The van der Waals surface area contributed by atoms with Crippen molar-refractivity contribution >= 4 is 27.3 Å². The Labute approximate surface area is 130 Å². The minimum Gasteiger partial charge on any atom is -0.459 e. The number of esters is 1.